The Hall–Kier alpha value is -0.680. The predicted molar refractivity (Wildman–Crippen MR) is 107 cm³/mol. The summed E-state index contributed by atoms with van der Waals surface area (Å²) in [5.41, 5.74) is 0. The van der Waals surface area contributed by atoms with Gasteiger partial charge in [0.25, 0.3) is 5.91 Å². The number of likely N-dealkylation sites (tertiary alicyclic amines) is 1. The molecular formula is C19H25Cl3N2O2. The van der Waals surface area contributed by atoms with E-state index < -0.39 is 0 Å². The summed E-state index contributed by atoms with van der Waals surface area (Å²) in [6, 6.07) is 3.82. The van der Waals surface area contributed by atoms with Crippen LogP contribution in [0.25, 0.3) is 0 Å². The highest BCUT2D eigenvalue weighted by molar-refractivity contribution is 6.40. The summed E-state index contributed by atoms with van der Waals surface area (Å²) in [7, 11) is 1.88. The van der Waals surface area contributed by atoms with Gasteiger partial charge in [0, 0.05) is 24.2 Å². The quantitative estimate of drug-likeness (QED) is 0.681. The van der Waals surface area contributed by atoms with Crippen LogP contribution in [0.15, 0.2) is 12.1 Å². The largest absolute Gasteiger partial charge is 0.481 e. The third kappa shape index (κ3) is 4.59. The third-order valence-corrected chi connectivity index (χ3v) is 6.28. The Labute approximate surface area is 170 Å². The molecule has 1 aliphatic heterocycles. The molecule has 1 aromatic rings. The van der Waals surface area contributed by atoms with Gasteiger partial charge in [0.2, 0.25) is 0 Å². The average molecular weight is 420 g/mol. The normalized spacial score (nSPS) is 23.8. The van der Waals surface area contributed by atoms with Crippen molar-refractivity contribution in [2.45, 2.75) is 50.6 Å². The van der Waals surface area contributed by atoms with Gasteiger partial charge in [-0.15, -0.1) is 0 Å². The van der Waals surface area contributed by atoms with E-state index in [1.807, 2.05) is 11.9 Å². The molecule has 2 aliphatic rings. The Bertz CT molecular complexity index is 627. The van der Waals surface area contributed by atoms with Crippen LogP contribution < -0.4 is 4.74 Å². The standard InChI is InChI=1S/C19H25Cl3N2O2/c1-23(16-6-2-3-7-17(16)24-8-4-5-9-24)18(25)12-26-19-14(21)10-13(20)11-15(19)22/h10-11,16-17H,2-9,12H2,1H3. The van der Waals surface area contributed by atoms with Crippen LogP contribution in [0.2, 0.25) is 15.1 Å². The van der Waals surface area contributed by atoms with Gasteiger partial charge in [0.05, 0.1) is 10.0 Å². The highest BCUT2D eigenvalue weighted by atomic mass is 35.5. The molecule has 0 spiro atoms. The van der Waals surface area contributed by atoms with Crippen LogP contribution in [0.3, 0.4) is 0 Å². The molecule has 144 valence electrons. The molecule has 26 heavy (non-hydrogen) atoms. The van der Waals surface area contributed by atoms with Gasteiger partial charge in [-0.1, -0.05) is 47.6 Å². The van der Waals surface area contributed by atoms with Crippen LogP contribution in [0.1, 0.15) is 38.5 Å². The first-order valence-corrected chi connectivity index (χ1v) is 10.4. The molecule has 1 aromatic carbocycles. The van der Waals surface area contributed by atoms with Crippen LogP contribution in [-0.2, 0) is 4.79 Å². The maximum atomic E-state index is 12.7. The number of halogens is 3. The van der Waals surface area contributed by atoms with E-state index in [0.717, 1.165) is 25.9 Å². The third-order valence-electron chi connectivity index (χ3n) is 5.50. The van der Waals surface area contributed by atoms with E-state index in [4.69, 9.17) is 39.5 Å². The van der Waals surface area contributed by atoms with E-state index in [-0.39, 0.29) is 18.6 Å². The monoisotopic (exact) mass is 418 g/mol. The predicted octanol–water partition coefficient (Wildman–Crippen LogP) is 4.89. The van der Waals surface area contributed by atoms with E-state index in [1.165, 1.54) is 25.7 Å². The van der Waals surface area contributed by atoms with Gasteiger partial charge in [-0.2, -0.15) is 0 Å². The lowest BCUT2D eigenvalue weighted by Crippen LogP contribution is -2.54. The summed E-state index contributed by atoms with van der Waals surface area (Å²) in [6.07, 6.45) is 7.15. The number of hydrogen-bond donors (Lipinski definition) is 0. The smallest absolute Gasteiger partial charge is 0.260 e. The fourth-order valence-electron chi connectivity index (χ4n) is 4.13. The van der Waals surface area contributed by atoms with Gasteiger partial charge in [0.1, 0.15) is 0 Å². The van der Waals surface area contributed by atoms with Crippen molar-refractivity contribution >= 4 is 40.7 Å². The first kappa shape index (κ1) is 20.1. The van der Waals surface area contributed by atoms with Gasteiger partial charge in [-0.05, 0) is 50.9 Å². The molecule has 4 nitrogen and oxygen atoms in total. The van der Waals surface area contributed by atoms with Gasteiger partial charge in [-0.3, -0.25) is 9.69 Å². The Morgan fingerprint density at radius 2 is 1.73 bits per heavy atom. The van der Waals surface area contributed by atoms with Crippen molar-refractivity contribution in [2.75, 3.05) is 26.7 Å². The number of amides is 1. The Balaban J connectivity index is 1.63. The summed E-state index contributed by atoms with van der Waals surface area (Å²) in [4.78, 5) is 17.2. The van der Waals surface area contributed by atoms with Crippen molar-refractivity contribution in [1.29, 1.82) is 0 Å². The minimum Gasteiger partial charge on any atom is -0.481 e. The number of nitrogens with zero attached hydrogens (tertiary/aromatic N) is 2. The molecular weight excluding hydrogens is 395 g/mol. The van der Waals surface area contributed by atoms with E-state index in [0.29, 0.717) is 26.9 Å². The number of likely N-dealkylation sites (N-methyl/N-ethyl adjacent to an activating group) is 1. The Morgan fingerprint density at radius 1 is 1.12 bits per heavy atom. The van der Waals surface area contributed by atoms with Crippen molar-refractivity contribution < 1.29 is 9.53 Å². The summed E-state index contributed by atoms with van der Waals surface area (Å²) < 4.78 is 5.63. The van der Waals surface area contributed by atoms with Gasteiger partial charge in [-0.25, -0.2) is 0 Å². The molecule has 2 fully saturated rings. The van der Waals surface area contributed by atoms with E-state index >= 15 is 0 Å². The molecule has 7 heteroatoms. The second-order valence-electron chi connectivity index (χ2n) is 7.15. The van der Waals surface area contributed by atoms with Gasteiger partial charge in [0.15, 0.2) is 12.4 Å². The van der Waals surface area contributed by atoms with Gasteiger partial charge < -0.3 is 9.64 Å². The molecule has 0 bridgehead atoms. The number of ether oxygens (including phenoxy) is 1. The molecule has 3 rings (SSSR count). The van der Waals surface area contributed by atoms with Crippen LogP contribution >= 0.6 is 34.8 Å². The van der Waals surface area contributed by atoms with Crippen molar-refractivity contribution in [2.24, 2.45) is 0 Å². The lowest BCUT2D eigenvalue weighted by atomic mass is 9.88. The molecule has 0 aromatic heterocycles. The molecule has 2 unspecified atom stereocenters. The average Bonchev–Trinajstić information content (AvgIpc) is 3.14. The van der Waals surface area contributed by atoms with E-state index in [2.05, 4.69) is 4.90 Å². The lowest BCUT2D eigenvalue weighted by molar-refractivity contribution is -0.136. The second kappa shape index (κ2) is 9.01. The molecule has 2 atom stereocenters. The topological polar surface area (TPSA) is 32.8 Å². The molecule has 1 saturated heterocycles. The zero-order valence-corrected chi connectivity index (χ0v) is 17.3. The van der Waals surface area contributed by atoms with E-state index in [1.54, 1.807) is 12.1 Å². The molecule has 1 aliphatic carbocycles. The molecule has 1 amide bonds. The van der Waals surface area contributed by atoms with Crippen molar-refractivity contribution in [3.63, 3.8) is 0 Å². The minimum atomic E-state index is -0.0825. The zero-order valence-electron chi connectivity index (χ0n) is 15.0. The second-order valence-corrected chi connectivity index (χ2v) is 8.40. The fourth-order valence-corrected chi connectivity index (χ4v) is 5.06. The lowest BCUT2D eigenvalue weighted by Gasteiger charge is -2.42. The maximum absolute atomic E-state index is 12.7. The highest BCUT2D eigenvalue weighted by Crippen LogP contribution is 2.36. The fraction of sp³-hybridized carbons (Fsp3) is 0.632. The summed E-state index contributed by atoms with van der Waals surface area (Å²) in [5.74, 6) is 0.252. The Kier molecular flexibility index (Phi) is 6.95. The molecule has 1 heterocycles. The number of rotatable bonds is 5. The summed E-state index contributed by atoms with van der Waals surface area (Å²) in [6.45, 7) is 2.21. The van der Waals surface area contributed by atoms with Crippen LogP contribution in [0, 0.1) is 0 Å². The van der Waals surface area contributed by atoms with Crippen LogP contribution in [-0.4, -0.2) is 54.5 Å². The Morgan fingerprint density at radius 3 is 2.38 bits per heavy atom. The summed E-state index contributed by atoms with van der Waals surface area (Å²) in [5, 5.41) is 1.06. The zero-order chi connectivity index (χ0) is 18.7. The first-order chi connectivity index (χ1) is 12.5. The number of hydrogen-bond acceptors (Lipinski definition) is 3. The van der Waals surface area contributed by atoms with Gasteiger partial charge >= 0.3 is 0 Å². The van der Waals surface area contributed by atoms with Crippen LogP contribution in [0.4, 0.5) is 0 Å². The molecule has 1 saturated carbocycles. The van der Waals surface area contributed by atoms with E-state index in [9.17, 15) is 4.79 Å². The molecule has 0 radical (unpaired) electrons. The number of carbonyl (C=O) groups is 1. The highest BCUT2D eigenvalue weighted by Gasteiger charge is 2.35. The first-order valence-electron chi connectivity index (χ1n) is 9.24. The van der Waals surface area contributed by atoms with Crippen molar-refractivity contribution in [3.8, 4) is 5.75 Å². The van der Waals surface area contributed by atoms with Crippen LogP contribution in [0.5, 0.6) is 5.75 Å². The SMILES string of the molecule is CN(C(=O)COc1c(Cl)cc(Cl)cc1Cl)C1CCCCC1N1CCCC1. The summed E-state index contributed by atoms with van der Waals surface area (Å²) >= 11 is 18.2. The minimum absolute atomic E-state index is 0.0526. The number of carbonyl (C=O) groups excluding carboxylic acids is 1. The van der Waals surface area contributed by atoms with Crippen molar-refractivity contribution in [1.82, 2.24) is 9.80 Å². The van der Waals surface area contributed by atoms with Crippen molar-refractivity contribution in [3.05, 3.63) is 27.2 Å². The number of benzene rings is 1. The maximum Gasteiger partial charge on any atom is 0.260 e. The molecule has 0 N–H and O–H groups in total.